The van der Waals surface area contributed by atoms with Gasteiger partial charge < -0.3 is 0 Å². The fraction of sp³-hybridized carbons (Fsp3) is 1.00. The SMILES string of the molecule is CCCCCCCC1CCC(C2CCC(CCCCC)(C(F)(F)F)CC2)CC1. The maximum atomic E-state index is 13.8. The zero-order valence-electron chi connectivity index (χ0n) is 18.6. The van der Waals surface area contributed by atoms with Gasteiger partial charge in [-0.1, -0.05) is 84.5 Å². The summed E-state index contributed by atoms with van der Waals surface area (Å²) in [7, 11) is 0. The van der Waals surface area contributed by atoms with E-state index in [1.165, 1.54) is 64.2 Å². The van der Waals surface area contributed by atoms with Crippen molar-refractivity contribution in [2.24, 2.45) is 23.2 Å². The standard InChI is InChI=1S/C25H45F3/c1-3-5-7-8-9-11-21-12-14-22(15-13-21)23-16-19-24(20-17-23,25(26,27)28)18-10-6-4-2/h21-23H,3-20H2,1-2H3. The van der Waals surface area contributed by atoms with Crippen LogP contribution in [0.5, 0.6) is 0 Å². The predicted molar refractivity (Wildman–Crippen MR) is 113 cm³/mol. The molecule has 0 spiro atoms. The first-order chi connectivity index (χ1) is 13.4. The normalized spacial score (nSPS) is 31.8. The second-order valence-corrected chi connectivity index (χ2v) is 10.1. The van der Waals surface area contributed by atoms with Crippen molar-refractivity contribution in [1.82, 2.24) is 0 Å². The number of hydrogen-bond acceptors (Lipinski definition) is 0. The Morgan fingerprint density at radius 2 is 1.21 bits per heavy atom. The average Bonchev–Trinajstić information content (AvgIpc) is 2.68. The molecule has 3 heteroatoms. The van der Waals surface area contributed by atoms with Crippen molar-refractivity contribution < 1.29 is 13.2 Å². The molecule has 0 radical (unpaired) electrons. The fourth-order valence-corrected chi connectivity index (χ4v) is 6.04. The number of unbranched alkanes of at least 4 members (excludes halogenated alkanes) is 6. The van der Waals surface area contributed by atoms with Gasteiger partial charge in [0.05, 0.1) is 5.41 Å². The third-order valence-corrected chi connectivity index (χ3v) is 8.12. The monoisotopic (exact) mass is 402 g/mol. The van der Waals surface area contributed by atoms with Gasteiger partial charge in [0.2, 0.25) is 0 Å². The summed E-state index contributed by atoms with van der Waals surface area (Å²) in [4.78, 5) is 0. The van der Waals surface area contributed by atoms with E-state index in [1.54, 1.807) is 0 Å². The van der Waals surface area contributed by atoms with Crippen molar-refractivity contribution in [3.63, 3.8) is 0 Å². The molecule has 0 aliphatic heterocycles. The molecule has 0 unspecified atom stereocenters. The summed E-state index contributed by atoms with van der Waals surface area (Å²) in [5.41, 5.74) is -1.37. The van der Waals surface area contributed by atoms with Crippen LogP contribution in [0.3, 0.4) is 0 Å². The van der Waals surface area contributed by atoms with Crippen LogP contribution < -0.4 is 0 Å². The van der Waals surface area contributed by atoms with Crippen LogP contribution in [-0.4, -0.2) is 6.18 Å². The van der Waals surface area contributed by atoms with Gasteiger partial charge in [-0.25, -0.2) is 0 Å². The zero-order chi connectivity index (χ0) is 20.5. The highest BCUT2D eigenvalue weighted by molar-refractivity contribution is 4.93. The Morgan fingerprint density at radius 3 is 1.79 bits per heavy atom. The molecule has 2 aliphatic rings. The molecule has 2 fully saturated rings. The quantitative estimate of drug-likeness (QED) is 0.302. The first kappa shape index (κ1) is 24.1. The molecule has 28 heavy (non-hydrogen) atoms. The van der Waals surface area contributed by atoms with E-state index >= 15 is 0 Å². The minimum absolute atomic E-state index is 0.363. The van der Waals surface area contributed by atoms with Crippen LogP contribution in [0.1, 0.15) is 129 Å². The van der Waals surface area contributed by atoms with Crippen molar-refractivity contribution in [3.8, 4) is 0 Å². The highest BCUT2D eigenvalue weighted by Crippen LogP contribution is 2.55. The second kappa shape index (κ2) is 11.8. The first-order valence-electron chi connectivity index (χ1n) is 12.5. The van der Waals surface area contributed by atoms with Gasteiger partial charge in [-0.2, -0.15) is 13.2 Å². The molecule has 0 heterocycles. The summed E-state index contributed by atoms with van der Waals surface area (Å²) in [5, 5.41) is 0. The lowest BCUT2D eigenvalue weighted by atomic mass is 9.62. The Morgan fingerprint density at radius 1 is 0.679 bits per heavy atom. The first-order valence-corrected chi connectivity index (χ1v) is 12.5. The number of alkyl halides is 3. The highest BCUT2D eigenvalue weighted by atomic mass is 19.4. The van der Waals surface area contributed by atoms with E-state index in [4.69, 9.17) is 0 Å². The van der Waals surface area contributed by atoms with Crippen LogP contribution in [-0.2, 0) is 0 Å². The van der Waals surface area contributed by atoms with E-state index in [0.29, 0.717) is 31.1 Å². The summed E-state index contributed by atoms with van der Waals surface area (Å²) in [6.45, 7) is 4.33. The second-order valence-electron chi connectivity index (χ2n) is 10.1. The van der Waals surface area contributed by atoms with Crippen LogP contribution >= 0.6 is 0 Å². The van der Waals surface area contributed by atoms with Gasteiger partial charge in [0.25, 0.3) is 0 Å². The lowest BCUT2D eigenvalue weighted by molar-refractivity contribution is -0.241. The molecule has 0 saturated heterocycles. The molecule has 0 aromatic heterocycles. The Balaban J connectivity index is 1.72. The molecule has 0 amide bonds. The van der Waals surface area contributed by atoms with E-state index in [2.05, 4.69) is 13.8 Å². The molecule has 0 aromatic rings. The topological polar surface area (TPSA) is 0 Å². The minimum atomic E-state index is -4.01. The molecular formula is C25H45F3. The van der Waals surface area contributed by atoms with Gasteiger partial charge in [0, 0.05) is 0 Å². The summed E-state index contributed by atoms with van der Waals surface area (Å²) in [5.74, 6) is 2.16. The average molecular weight is 403 g/mol. The van der Waals surface area contributed by atoms with Crippen molar-refractivity contribution in [2.75, 3.05) is 0 Å². The lowest BCUT2D eigenvalue weighted by Gasteiger charge is -2.44. The third kappa shape index (κ3) is 6.94. The summed E-state index contributed by atoms with van der Waals surface area (Å²) >= 11 is 0. The van der Waals surface area contributed by atoms with Gasteiger partial charge in [-0.05, 0) is 62.7 Å². The van der Waals surface area contributed by atoms with E-state index in [1.807, 2.05) is 0 Å². The van der Waals surface area contributed by atoms with Crippen LogP contribution in [0.2, 0.25) is 0 Å². The van der Waals surface area contributed by atoms with Crippen molar-refractivity contribution in [1.29, 1.82) is 0 Å². The molecule has 166 valence electrons. The Bertz CT molecular complexity index is 399. The van der Waals surface area contributed by atoms with Gasteiger partial charge >= 0.3 is 6.18 Å². The smallest absolute Gasteiger partial charge is 0.171 e. The highest BCUT2D eigenvalue weighted by Gasteiger charge is 2.55. The van der Waals surface area contributed by atoms with Crippen molar-refractivity contribution in [3.05, 3.63) is 0 Å². The number of rotatable bonds is 11. The Hall–Kier alpha value is -0.210. The predicted octanol–water partition coefficient (Wildman–Crippen LogP) is 9.47. The van der Waals surface area contributed by atoms with Crippen LogP contribution in [0, 0.1) is 23.2 Å². The number of hydrogen-bond donors (Lipinski definition) is 0. The summed E-state index contributed by atoms with van der Waals surface area (Å²) in [6.07, 6.45) is 14.9. The Labute approximate surface area is 172 Å². The largest absolute Gasteiger partial charge is 0.394 e. The van der Waals surface area contributed by atoms with Gasteiger partial charge in [0.1, 0.15) is 0 Å². The van der Waals surface area contributed by atoms with Crippen molar-refractivity contribution >= 4 is 0 Å². The van der Waals surface area contributed by atoms with Gasteiger partial charge in [-0.15, -0.1) is 0 Å². The molecule has 0 N–H and O–H groups in total. The fourth-order valence-electron chi connectivity index (χ4n) is 6.04. The molecule has 0 aromatic carbocycles. The molecule has 2 rings (SSSR count). The molecule has 0 bridgehead atoms. The van der Waals surface area contributed by atoms with Crippen LogP contribution in [0.4, 0.5) is 13.2 Å². The zero-order valence-corrected chi connectivity index (χ0v) is 18.6. The maximum absolute atomic E-state index is 13.8. The number of halogens is 3. The maximum Gasteiger partial charge on any atom is 0.394 e. The van der Waals surface area contributed by atoms with E-state index in [-0.39, 0.29) is 0 Å². The summed E-state index contributed by atoms with van der Waals surface area (Å²) < 4.78 is 41.5. The Kier molecular flexibility index (Phi) is 10.2. The van der Waals surface area contributed by atoms with E-state index in [9.17, 15) is 13.2 Å². The van der Waals surface area contributed by atoms with Gasteiger partial charge in [-0.3, -0.25) is 0 Å². The van der Waals surface area contributed by atoms with Crippen LogP contribution in [0.15, 0.2) is 0 Å². The molecule has 2 aliphatic carbocycles. The summed E-state index contributed by atoms with van der Waals surface area (Å²) in [6, 6.07) is 0. The molecule has 2 saturated carbocycles. The van der Waals surface area contributed by atoms with Crippen LogP contribution in [0.25, 0.3) is 0 Å². The lowest BCUT2D eigenvalue weighted by Crippen LogP contribution is -2.42. The van der Waals surface area contributed by atoms with E-state index < -0.39 is 11.6 Å². The molecule has 0 atom stereocenters. The minimum Gasteiger partial charge on any atom is -0.171 e. The molecule has 0 nitrogen and oxygen atoms in total. The molecular weight excluding hydrogens is 357 g/mol. The third-order valence-electron chi connectivity index (χ3n) is 8.12. The van der Waals surface area contributed by atoms with Gasteiger partial charge in [0.15, 0.2) is 0 Å². The van der Waals surface area contributed by atoms with Crippen molar-refractivity contribution in [2.45, 2.75) is 136 Å². The van der Waals surface area contributed by atoms with E-state index in [0.717, 1.165) is 38.0 Å².